The van der Waals surface area contributed by atoms with E-state index in [1.807, 2.05) is 13.0 Å². The van der Waals surface area contributed by atoms with Crippen LogP contribution in [-0.4, -0.2) is 28.8 Å². The maximum atomic E-state index is 13.1. The van der Waals surface area contributed by atoms with Crippen LogP contribution >= 0.6 is 0 Å². The molecule has 31 heavy (non-hydrogen) atoms. The number of carbonyl (C=O) groups is 1. The van der Waals surface area contributed by atoms with Crippen molar-refractivity contribution in [3.63, 3.8) is 0 Å². The predicted molar refractivity (Wildman–Crippen MR) is 117 cm³/mol. The van der Waals surface area contributed by atoms with Gasteiger partial charge in [-0.05, 0) is 73.1 Å². The summed E-state index contributed by atoms with van der Waals surface area (Å²) in [4.78, 5) is 14.7. The summed E-state index contributed by atoms with van der Waals surface area (Å²) in [5.74, 6) is 0.595. The molecule has 0 aromatic heterocycles. The molecule has 1 spiro atoms. The summed E-state index contributed by atoms with van der Waals surface area (Å²) in [5, 5.41) is 9.74. The standard InChI is InChI=1S/C26H29FN2O2/c1-2-25(30)24(17-28)29-14-4-3-12-26(29)13-11-20-15-23(10-7-21(20)16-26)31-18-19-5-8-22(27)9-6-19/h5-10,15,24H,2-4,11-14,16,18H2,1H3. The van der Waals surface area contributed by atoms with Gasteiger partial charge >= 0.3 is 0 Å². The van der Waals surface area contributed by atoms with E-state index in [1.54, 1.807) is 12.1 Å². The summed E-state index contributed by atoms with van der Waals surface area (Å²) >= 11 is 0. The molecule has 1 aliphatic carbocycles. The molecule has 2 aromatic carbocycles. The molecule has 0 radical (unpaired) electrons. The van der Waals surface area contributed by atoms with Gasteiger partial charge in [-0.2, -0.15) is 5.26 Å². The van der Waals surface area contributed by atoms with Crippen LogP contribution < -0.4 is 4.74 Å². The second kappa shape index (κ2) is 9.20. The summed E-state index contributed by atoms with van der Waals surface area (Å²) in [6, 6.07) is 14.3. The van der Waals surface area contributed by atoms with Crippen LogP contribution in [0.3, 0.4) is 0 Å². The minimum atomic E-state index is -0.634. The normalized spacial score (nSPS) is 21.8. The number of piperidine rings is 1. The Morgan fingerprint density at radius 1 is 1.19 bits per heavy atom. The number of aryl methyl sites for hydroxylation is 1. The Hall–Kier alpha value is -2.71. The lowest BCUT2D eigenvalue weighted by Gasteiger charge is -2.51. The van der Waals surface area contributed by atoms with Crippen LogP contribution in [0.1, 0.15) is 55.7 Å². The second-order valence-corrected chi connectivity index (χ2v) is 8.75. The topological polar surface area (TPSA) is 53.3 Å². The molecule has 162 valence electrons. The number of rotatable bonds is 6. The quantitative estimate of drug-likeness (QED) is 0.661. The lowest BCUT2D eigenvalue weighted by Crippen LogP contribution is -2.60. The molecule has 4 rings (SSSR count). The number of likely N-dealkylation sites (tertiary alicyclic amines) is 1. The van der Waals surface area contributed by atoms with Crippen molar-refractivity contribution >= 4 is 5.78 Å². The molecule has 1 heterocycles. The molecule has 1 fully saturated rings. The highest BCUT2D eigenvalue weighted by atomic mass is 19.1. The smallest absolute Gasteiger partial charge is 0.164 e. The van der Waals surface area contributed by atoms with Crippen molar-refractivity contribution in [1.82, 2.24) is 4.90 Å². The first-order chi connectivity index (χ1) is 15.0. The largest absolute Gasteiger partial charge is 0.489 e. The highest BCUT2D eigenvalue weighted by Crippen LogP contribution is 2.42. The highest BCUT2D eigenvalue weighted by Gasteiger charge is 2.45. The van der Waals surface area contributed by atoms with Crippen molar-refractivity contribution < 1.29 is 13.9 Å². The Morgan fingerprint density at radius 3 is 2.74 bits per heavy atom. The molecule has 5 heteroatoms. The minimum Gasteiger partial charge on any atom is -0.489 e. The molecule has 2 aliphatic rings. The van der Waals surface area contributed by atoms with E-state index in [1.165, 1.54) is 23.3 Å². The van der Waals surface area contributed by atoms with Gasteiger partial charge in [-0.25, -0.2) is 4.39 Å². The number of nitriles is 1. The highest BCUT2D eigenvalue weighted by molar-refractivity contribution is 5.86. The van der Waals surface area contributed by atoms with Gasteiger partial charge in [0.15, 0.2) is 11.8 Å². The van der Waals surface area contributed by atoms with Gasteiger partial charge in [0.1, 0.15) is 18.2 Å². The van der Waals surface area contributed by atoms with Crippen molar-refractivity contribution in [1.29, 1.82) is 5.26 Å². The Bertz CT molecular complexity index is 982. The first-order valence-corrected chi connectivity index (χ1v) is 11.2. The van der Waals surface area contributed by atoms with Crippen LogP contribution in [0.15, 0.2) is 42.5 Å². The zero-order chi connectivity index (χ0) is 21.8. The molecule has 2 atom stereocenters. The Kier molecular flexibility index (Phi) is 6.38. The van der Waals surface area contributed by atoms with Crippen LogP contribution in [-0.2, 0) is 24.2 Å². The van der Waals surface area contributed by atoms with Gasteiger partial charge in [0, 0.05) is 18.5 Å². The van der Waals surface area contributed by atoms with Crippen molar-refractivity contribution in [2.45, 2.75) is 70.1 Å². The third-order valence-electron chi connectivity index (χ3n) is 6.86. The molecule has 2 aromatic rings. The number of nitrogens with zero attached hydrogens (tertiary/aromatic N) is 2. The Balaban J connectivity index is 1.50. The van der Waals surface area contributed by atoms with Crippen molar-refractivity contribution in [3.05, 3.63) is 65.0 Å². The Morgan fingerprint density at radius 2 is 2.00 bits per heavy atom. The van der Waals surface area contributed by atoms with E-state index in [0.717, 1.165) is 56.4 Å². The molecule has 0 bridgehead atoms. The average Bonchev–Trinajstić information content (AvgIpc) is 2.80. The van der Waals surface area contributed by atoms with Gasteiger partial charge < -0.3 is 4.74 Å². The Labute approximate surface area is 183 Å². The molecular weight excluding hydrogens is 391 g/mol. The third-order valence-corrected chi connectivity index (χ3v) is 6.86. The van der Waals surface area contributed by atoms with Gasteiger partial charge in [0.05, 0.1) is 6.07 Å². The fraction of sp³-hybridized carbons (Fsp3) is 0.462. The van der Waals surface area contributed by atoms with E-state index in [0.29, 0.717) is 13.0 Å². The fourth-order valence-corrected chi connectivity index (χ4v) is 5.14. The molecule has 0 N–H and O–H groups in total. The first kappa shape index (κ1) is 21.5. The number of halogens is 1. The van der Waals surface area contributed by atoms with Crippen molar-refractivity contribution in [2.24, 2.45) is 0 Å². The first-order valence-electron chi connectivity index (χ1n) is 11.2. The molecule has 4 nitrogen and oxygen atoms in total. The summed E-state index contributed by atoms with van der Waals surface area (Å²) in [5.41, 5.74) is 3.39. The number of ether oxygens (including phenoxy) is 1. The van der Waals surface area contributed by atoms with Gasteiger partial charge in [0.2, 0.25) is 0 Å². The monoisotopic (exact) mass is 420 g/mol. The van der Waals surface area contributed by atoms with E-state index in [2.05, 4.69) is 23.1 Å². The van der Waals surface area contributed by atoms with Crippen LogP contribution in [0, 0.1) is 17.1 Å². The van der Waals surface area contributed by atoms with Gasteiger partial charge in [-0.15, -0.1) is 0 Å². The second-order valence-electron chi connectivity index (χ2n) is 8.75. The van der Waals surface area contributed by atoms with E-state index in [4.69, 9.17) is 4.74 Å². The number of hydrogen-bond donors (Lipinski definition) is 0. The summed E-state index contributed by atoms with van der Waals surface area (Å²) in [6.07, 6.45) is 6.36. The molecule has 1 saturated heterocycles. The number of Topliss-reactive ketones (excluding diaryl/α,β-unsaturated/α-hetero) is 1. The molecule has 2 unspecified atom stereocenters. The number of ketones is 1. The van der Waals surface area contributed by atoms with Crippen LogP contribution in [0.2, 0.25) is 0 Å². The van der Waals surface area contributed by atoms with E-state index >= 15 is 0 Å². The summed E-state index contributed by atoms with van der Waals surface area (Å²) in [6.45, 7) is 3.06. The summed E-state index contributed by atoms with van der Waals surface area (Å²) < 4.78 is 19.0. The maximum Gasteiger partial charge on any atom is 0.164 e. The van der Waals surface area contributed by atoms with Crippen molar-refractivity contribution in [3.8, 4) is 11.8 Å². The van der Waals surface area contributed by atoms with Crippen LogP contribution in [0.4, 0.5) is 4.39 Å². The molecule has 1 aliphatic heterocycles. The molecule has 0 amide bonds. The van der Waals surface area contributed by atoms with E-state index in [9.17, 15) is 14.4 Å². The predicted octanol–water partition coefficient (Wildman–Crippen LogP) is 4.99. The molecule has 0 saturated carbocycles. The van der Waals surface area contributed by atoms with Crippen LogP contribution in [0.25, 0.3) is 0 Å². The zero-order valence-corrected chi connectivity index (χ0v) is 18.1. The maximum absolute atomic E-state index is 13.1. The van der Waals surface area contributed by atoms with Gasteiger partial charge in [-0.3, -0.25) is 9.69 Å². The van der Waals surface area contributed by atoms with Crippen LogP contribution in [0.5, 0.6) is 5.75 Å². The average molecular weight is 421 g/mol. The minimum absolute atomic E-state index is 0.0270. The van der Waals surface area contributed by atoms with Gasteiger partial charge in [-0.1, -0.05) is 31.5 Å². The zero-order valence-electron chi connectivity index (χ0n) is 18.1. The number of hydrogen-bond acceptors (Lipinski definition) is 4. The third kappa shape index (κ3) is 4.50. The number of fused-ring (bicyclic) bond motifs is 1. The van der Waals surface area contributed by atoms with E-state index < -0.39 is 6.04 Å². The van der Waals surface area contributed by atoms with Crippen molar-refractivity contribution in [2.75, 3.05) is 6.54 Å². The lowest BCUT2D eigenvalue weighted by molar-refractivity contribution is -0.126. The van der Waals surface area contributed by atoms with Gasteiger partial charge in [0.25, 0.3) is 0 Å². The number of carbonyl (C=O) groups excluding carboxylic acids is 1. The summed E-state index contributed by atoms with van der Waals surface area (Å²) in [7, 11) is 0. The lowest BCUT2D eigenvalue weighted by atomic mass is 9.71. The fourth-order valence-electron chi connectivity index (χ4n) is 5.14. The van der Waals surface area contributed by atoms with E-state index in [-0.39, 0.29) is 17.1 Å². The SMILES string of the molecule is CCC(=O)C(C#N)N1CCCCC12CCc1cc(OCc3ccc(F)cc3)ccc1C2. The number of benzene rings is 2. The molecular formula is C26H29FN2O2.